The van der Waals surface area contributed by atoms with Crippen LogP contribution in [0.1, 0.15) is 18.4 Å². The molecule has 5 heteroatoms. The second kappa shape index (κ2) is 6.23. The number of benzene rings is 1. The number of nitrogens with zero attached hydrogens (tertiary/aromatic N) is 1. The Bertz CT molecular complexity index is 713. The van der Waals surface area contributed by atoms with Crippen molar-refractivity contribution in [3.63, 3.8) is 0 Å². The average Bonchev–Trinajstić information content (AvgIpc) is 3.18. The quantitative estimate of drug-likeness (QED) is 0.868. The van der Waals surface area contributed by atoms with Gasteiger partial charge < -0.3 is 14.4 Å². The van der Waals surface area contributed by atoms with Gasteiger partial charge in [0.2, 0.25) is 5.91 Å². The van der Waals surface area contributed by atoms with Crippen molar-refractivity contribution >= 4 is 27.3 Å². The number of hydrogen-bond donors (Lipinski definition) is 0. The first-order valence-corrected chi connectivity index (χ1v) is 9.05. The summed E-state index contributed by atoms with van der Waals surface area (Å²) < 4.78 is 12.6. The fourth-order valence-electron chi connectivity index (χ4n) is 3.91. The van der Waals surface area contributed by atoms with Crippen molar-refractivity contribution in [1.29, 1.82) is 0 Å². The van der Waals surface area contributed by atoms with Crippen LogP contribution in [-0.2, 0) is 20.7 Å². The minimum absolute atomic E-state index is 0.0388. The van der Waals surface area contributed by atoms with Gasteiger partial charge in [0.25, 0.3) is 0 Å². The SMILES string of the molecule is CO[C@@H]1CC[C@@H]2[C@@H]1OCCN2C(=O)Cc1csc2ccccc12. The molecular formula is C18H21NO3S. The lowest BCUT2D eigenvalue weighted by atomic mass is 10.1. The van der Waals surface area contributed by atoms with Crippen LogP contribution >= 0.6 is 11.3 Å². The molecule has 0 N–H and O–H groups in total. The molecular weight excluding hydrogens is 310 g/mol. The number of fused-ring (bicyclic) bond motifs is 2. The smallest absolute Gasteiger partial charge is 0.227 e. The zero-order chi connectivity index (χ0) is 15.8. The molecule has 1 aromatic carbocycles. The Morgan fingerprint density at radius 3 is 3.13 bits per heavy atom. The van der Waals surface area contributed by atoms with Crippen LogP contribution in [0.2, 0.25) is 0 Å². The van der Waals surface area contributed by atoms with Crippen LogP contribution < -0.4 is 0 Å². The number of morpholine rings is 1. The van der Waals surface area contributed by atoms with Gasteiger partial charge in [-0.1, -0.05) is 18.2 Å². The van der Waals surface area contributed by atoms with Crippen LogP contribution in [-0.4, -0.2) is 49.3 Å². The molecule has 2 aromatic rings. The average molecular weight is 331 g/mol. The number of rotatable bonds is 3. The van der Waals surface area contributed by atoms with Crippen LogP contribution in [0.25, 0.3) is 10.1 Å². The standard InChI is InChI=1S/C18H21NO3S/c1-21-15-7-6-14-18(15)22-9-8-19(14)17(20)10-12-11-23-16-5-3-2-4-13(12)16/h2-5,11,14-15,18H,6-10H2,1H3/t14-,15-,18+/m1/s1. The Labute approximate surface area is 140 Å². The van der Waals surface area contributed by atoms with E-state index in [0.717, 1.165) is 18.4 Å². The third-order valence-corrected chi connectivity index (χ3v) is 6.07. The van der Waals surface area contributed by atoms with Gasteiger partial charge in [0.1, 0.15) is 6.10 Å². The molecule has 2 heterocycles. The van der Waals surface area contributed by atoms with Gasteiger partial charge in [0.05, 0.1) is 25.2 Å². The number of carbonyl (C=O) groups excluding carboxylic acids is 1. The number of amides is 1. The molecule has 4 nitrogen and oxygen atoms in total. The maximum Gasteiger partial charge on any atom is 0.227 e. The molecule has 1 amide bonds. The van der Waals surface area contributed by atoms with Gasteiger partial charge in [-0.15, -0.1) is 11.3 Å². The van der Waals surface area contributed by atoms with Gasteiger partial charge >= 0.3 is 0 Å². The largest absolute Gasteiger partial charge is 0.379 e. The van der Waals surface area contributed by atoms with Crippen molar-refractivity contribution in [2.45, 2.75) is 37.5 Å². The molecule has 122 valence electrons. The highest BCUT2D eigenvalue weighted by atomic mass is 32.1. The molecule has 1 aliphatic carbocycles. The normalized spacial score (nSPS) is 27.3. The minimum Gasteiger partial charge on any atom is -0.379 e. The number of methoxy groups -OCH3 is 1. The van der Waals surface area contributed by atoms with Gasteiger partial charge in [0, 0.05) is 18.4 Å². The lowest BCUT2D eigenvalue weighted by Crippen LogP contribution is -2.54. The highest BCUT2D eigenvalue weighted by molar-refractivity contribution is 7.17. The maximum atomic E-state index is 12.9. The van der Waals surface area contributed by atoms with Gasteiger partial charge in [0.15, 0.2) is 0 Å². The fourth-order valence-corrected chi connectivity index (χ4v) is 4.87. The van der Waals surface area contributed by atoms with Gasteiger partial charge in [-0.2, -0.15) is 0 Å². The lowest BCUT2D eigenvalue weighted by molar-refractivity contribution is -0.149. The molecule has 3 atom stereocenters. The molecule has 4 rings (SSSR count). The molecule has 1 aliphatic heterocycles. The van der Waals surface area contributed by atoms with E-state index in [0.29, 0.717) is 19.6 Å². The molecule has 1 aromatic heterocycles. The van der Waals surface area contributed by atoms with E-state index in [1.807, 2.05) is 17.0 Å². The van der Waals surface area contributed by atoms with Crippen molar-refractivity contribution in [3.05, 3.63) is 35.2 Å². The zero-order valence-corrected chi connectivity index (χ0v) is 14.1. The maximum absolute atomic E-state index is 12.9. The summed E-state index contributed by atoms with van der Waals surface area (Å²) >= 11 is 1.71. The number of thiophene rings is 1. The molecule has 0 radical (unpaired) electrons. The van der Waals surface area contributed by atoms with E-state index in [1.165, 1.54) is 10.1 Å². The Hall–Kier alpha value is -1.43. The van der Waals surface area contributed by atoms with Crippen LogP contribution in [0.4, 0.5) is 0 Å². The Morgan fingerprint density at radius 2 is 2.26 bits per heavy atom. The van der Waals surface area contributed by atoms with Crippen molar-refractivity contribution in [2.75, 3.05) is 20.3 Å². The number of carbonyl (C=O) groups is 1. The Kier molecular flexibility index (Phi) is 4.09. The summed E-state index contributed by atoms with van der Waals surface area (Å²) in [6.45, 7) is 1.30. The highest BCUT2D eigenvalue weighted by Gasteiger charge is 2.44. The summed E-state index contributed by atoms with van der Waals surface area (Å²) in [5, 5.41) is 3.32. The molecule has 23 heavy (non-hydrogen) atoms. The predicted molar refractivity (Wildman–Crippen MR) is 90.8 cm³/mol. The van der Waals surface area contributed by atoms with E-state index in [1.54, 1.807) is 18.4 Å². The highest BCUT2D eigenvalue weighted by Crippen LogP contribution is 2.33. The van der Waals surface area contributed by atoms with Crippen molar-refractivity contribution in [1.82, 2.24) is 4.90 Å². The molecule has 1 saturated heterocycles. The molecule has 2 fully saturated rings. The summed E-state index contributed by atoms with van der Waals surface area (Å²) in [7, 11) is 1.73. The van der Waals surface area contributed by atoms with Gasteiger partial charge in [-0.25, -0.2) is 0 Å². The fraction of sp³-hybridized carbons (Fsp3) is 0.500. The van der Waals surface area contributed by atoms with Crippen LogP contribution in [0.3, 0.4) is 0 Å². The molecule has 0 spiro atoms. The van der Waals surface area contributed by atoms with Gasteiger partial charge in [-0.05, 0) is 35.2 Å². The van der Waals surface area contributed by atoms with E-state index in [2.05, 4.69) is 17.5 Å². The molecule has 0 bridgehead atoms. The molecule has 2 aliphatic rings. The summed E-state index contributed by atoms with van der Waals surface area (Å²) in [6, 6.07) is 8.46. The minimum atomic E-state index is 0.0388. The second-order valence-electron chi connectivity index (χ2n) is 6.28. The van der Waals surface area contributed by atoms with E-state index < -0.39 is 0 Å². The summed E-state index contributed by atoms with van der Waals surface area (Å²) in [4.78, 5) is 14.9. The van der Waals surface area contributed by atoms with E-state index >= 15 is 0 Å². The topological polar surface area (TPSA) is 38.8 Å². The zero-order valence-electron chi connectivity index (χ0n) is 13.2. The van der Waals surface area contributed by atoms with Crippen molar-refractivity contribution in [3.8, 4) is 0 Å². The van der Waals surface area contributed by atoms with Crippen LogP contribution in [0, 0.1) is 0 Å². The van der Waals surface area contributed by atoms with E-state index in [4.69, 9.17) is 9.47 Å². The van der Waals surface area contributed by atoms with Crippen molar-refractivity contribution < 1.29 is 14.3 Å². The van der Waals surface area contributed by atoms with Crippen LogP contribution in [0.5, 0.6) is 0 Å². The first-order valence-electron chi connectivity index (χ1n) is 8.17. The van der Waals surface area contributed by atoms with Crippen molar-refractivity contribution in [2.24, 2.45) is 0 Å². The summed E-state index contributed by atoms with van der Waals surface area (Å²) in [6.07, 6.45) is 2.58. The third-order valence-electron chi connectivity index (χ3n) is 5.06. The second-order valence-corrected chi connectivity index (χ2v) is 7.19. The first-order chi connectivity index (χ1) is 11.3. The van der Waals surface area contributed by atoms with E-state index in [-0.39, 0.29) is 24.2 Å². The third kappa shape index (κ3) is 2.67. The monoisotopic (exact) mass is 331 g/mol. The Morgan fingerprint density at radius 1 is 1.39 bits per heavy atom. The molecule has 1 saturated carbocycles. The molecule has 0 unspecified atom stereocenters. The summed E-state index contributed by atoms with van der Waals surface area (Å²) in [5.74, 6) is 0.212. The predicted octanol–water partition coefficient (Wildman–Crippen LogP) is 2.85. The Balaban J connectivity index is 1.52. The summed E-state index contributed by atoms with van der Waals surface area (Å²) in [5.41, 5.74) is 1.14. The first kappa shape index (κ1) is 15.1. The van der Waals surface area contributed by atoms with E-state index in [9.17, 15) is 4.79 Å². The van der Waals surface area contributed by atoms with Crippen LogP contribution in [0.15, 0.2) is 29.6 Å². The number of hydrogen-bond acceptors (Lipinski definition) is 4. The number of ether oxygens (including phenoxy) is 2. The lowest BCUT2D eigenvalue weighted by Gasteiger charge is -2.39. The van der Waals surface area contributed by atoms with Gasteiger partial charge in [-0.3, -0.25) is 4.79 Å².